The lowest BCUT2D eigenvalue weighted by molar-refractivity contribution is -0.159. The molecule has 2 aromatic rings. The third-order valence-electron chi connectivity index (χ3n) is 5.79. The zero-order valence-corrected chi connectivity index (χ0v) is 24.0. The average molecular weight is 569 g/mol. The van der Waals surface area contributed by atoms with Gasteiger partial charge in [0.15, 0.2) is 18.2 Å². The van der Waals surface area contributed by atoms with Crippen LogP contribution in [0.3, 0.4) is 0 Å². The quantitative estimate of drug-likeness (QED) is 0.259. The van der Waals surface area contributed by atoms with Crippen molar-refractivity contribution in [1.82, 2.24) is 10.2 Å². The van der Waals surface area contributed by atoms with Gasteiger partial charge in [0.1, 0.15) is 23.1 Å². The predicted octanol–water partition coefficient (Wildman–Crippen LogP) is 3.65. The van der Waals surface area contributed by atoms with Gasteiger partial charge in [0, 0.05) is 0 Å². The van der Waals surface area contributed by atoms with Crippen molar-refractivity contribution in [3.05, 3.63) is 60.7 Å². The number of benzene rings is 2. The number of nitrogens with one attached hydrogen (secondary N) is 1. The van der Waals surface area contributed by atoms with Crippen LogP contribution >= 0.6 is 0 Å². The lowest BCUT2D eigenvalue weighted by atomic mass is 10.0. The summed E-state index contributed by atoms with van der Waals surface area (Å²) in [6, 6.07) is 12.7. The van der Waals surface area contributed by atoms with Gasteiger partial charge in [0.2, 0.25) is 0 Å². The normalized spacial score (nSPS) is 17.6. The van der Waals surface area contributed by atoms with Crippen LogP contribution in [0.15, 0.2) is 60.7 Å². The first-order chi connectivity index (χ1) is 19.3. The monoisotopic (exact) mass is 568 g/mol. The van der Waals surface area contributed by atoms with Gasteiger partial charge >= 0.3 is 24.0 Å². The number of para-hydroxylation sites is 2. The number of amides is 2. The molecule has 11 nitrogen and oxygen atoms in total. The maximum absolute atomic E-state index is 13.4. The van der Waals surface area contributed by atoms with E-state index in [9.17, 15) is 24.0 Å². The number of rotatable bonds is 10. The van der Waals surface area contributed by atoms with Crippen LogP contribution in [0.5, 0.6) is 11.5 Å². The van der Waals surface area contributed by atoms with E-state index < -0.39 is 59.7 Å². The molecule has 41 heavy (non-hydrogen) atoms. The third kappa shape index (κ3) is 9.06. The number of nitrogens with zero attached hydrogens (tertiary/aromatic N) is 1. The van der Waals surface area contributed by atoms with E-state index in [0.717, 1.165) is 4.90 Å². The fraction of sp³-hybridized carbons (Fsp3) is 0.433. The van der Waals surface area contributed by atoms with Crippen LogP contribution in [0.25, 0.3) is 0 Å². The Morgan fingerprint density at radius 1 is 0.805 bits per heavy atom. The second-order valence-electron chi connectivity index (χ2n) is 11.0. The molecule has 1 aliphatic rings. The molecular formula is C30H36N2O9. The van der Waals surface area contributed by atoms with Crippen molar-refractivity contribution >= 4 is 29.9 Å². The molecule has 1 aliphatic heterocycles. The maximum atomic E-state index is 13.4. The molecule has 3 rings (SSSR count). The van der Waals surface area contributed by atoms with Gasteiger partial charge in [0.05, 0.1) is 0 Å². The first-order valence-corrected chi connectivity index (χ1v) is 13.3. The second kappa shape index (κ2) is 13.3. The largest absolute Gasteiger partial charge is 0.451 e. The van der Waals surface area contributed by atoms with Gasteiger partial charge in [-0.2, -0.15) is 0 Å². The summed E-state index contributed by atoms with van der Waals surface area (Å²) in [6.45, 7) is 10.1. The molecule has 0 bridgehead atoms. The Bertz CT molecular complexity index is 1180. The van der Waals surface area contributed by atoms with Crippen molar-refractivity contribution < 1.29 is 42.9 Å². The zero-order chi connectivity index (χ0) is 30.3. The van der Waals surface area contributed by atoms with E-state index in [0.29, 0.717) is 0 Å². The predicted molar refractivity (Wildman–Crippen MR) is 147 cm³/mol. The van der Waals surface area contributed by atoms with Crippen LogP contribution in [-0.2, 0) is 28.7 Å². The van der Waals surface area contributed by atoms with Crippen LogP contribution in [-0.4, -0.2) is 64.6 Å². The molecule has 4 atom stereocenters. The molecule has 0 radical (unpaired) electrons. The fourth-order valence-corrected chi connectivity index (χ4v) is 3.97. The van der Waals surface area contributed by atoms with Crippen molar-refractivity contribution in [2.45, 2.75) is 77.8 Å². The molecule has 1 N–H and O–H groups in total. The Morgan fingerprint density at radius 3 is 1.68 bits per heavy atom. The molecule has 0 unspecified atom stereocenters. The lowest BCUT2D eigenvalue weighted by Gasteiger charge is -2.24. The molecule has 0 aliphatic carbocycles. The van der Waals surface area contributed by atoms with Crippen molar-refractivity contribution in [3.8, 4) is 11.5 Å². The Balaban J connectivity index is 1.73. The van der Waals surface area contributed by atoms with Crippen molar-refractivity contribution in [2.75, 3.05) is 0 Å². The van der Waals surface area contributed by atoms with Crippen molar-refractivity contribution in [2.24, 2.45) is 5.92 Å². The van der Waals surface area contributed by atoms with Crippen LogP contribution in [0.2, 0.25) is 0 Å². The van der Waals surface area contributed by atoms with E-state index in [2.05, 4.69) is 5.32 Å². The van der Waals surface area contributed by atoms with Crippen LogP contribution in [0.1, 0.15) is 48.0 Å². The summed E-state index contributed by atoms with van der Waals surface area (Å²) in [7, 11) is 0. The summed E-state index contributed by atoms with van der Waals surface area (Å²) in [4.78, 5) is 65.6. The SMILES string of the molecule is CC(C)C[C@H](NC(=O)OC(C)(C)C)C(=O)O[C@@H](C)C(=O)N1[C@@H](C(=O)Oc2ccccc2)[C@@H]1C(=O)Oc1ccccc1. The highest BCUT2D eigenvalue weighted by atomic mass is 16.6. The van der Waals surface area contributed by atoms with Crippen LogP contribution < -0.4 is 14.8 Å². The van der Waals surface area contributed by atoms with Crippen molar-refractivity contribution in [1.29, 1.82) is 0 Å². The Morgan fingerprint density at radius 2 is 1.27 bits per heavy atom. The lowest BCUT2D eigenvalue weighted by Crippen LogP contribution is -2.46. The molecule has 2 aromatic carbocycles. The summed E-state index contributed by atoms with van der Waals surface area (Å²) in [6.07, 6.45) is -1.97. The van der Waals surface area contributed by atoms with Gasteiger partial charge in [-0.05, 0) is 64.3 Å². The number of hydrogen-bond donors (Lipinski definition) is 1. The first-order valence-electron chi connectivity index (χ1n) is 13.3. The fourth-order valence-electron chi connectivity index (χ4n) is 3.97. The maximum Gasteiger partial charge on any atom is 0.408 e. The van der Waals surface area contributed by atoms with Gasteiger partial charge in [-0.1, -0.05) is 50.2 Å². The molecule has 220 valence electrons. The first kappa shape index (κ1) is 31.1. The summed E-state index contributed by atoms with van der Waals surface area (Å²) >= 11 is 0. The average Bonchev–Trinajstić information content (AvgIpc) is 3.64. The van der Waals surface area contributed by atoms with Gasteiger partial charge in [-0.3, -0.25) is 4.79 Å². The van der Waals surface area contributed by atoms with E-state index in [1.54, 1.807) is 81.4 Å². The Kier molecular flexibility index (Phi) is 10.1. The zero-order valence-electron chi connectivity index (χ0n) is 24.0. The molecule has 1 fully saturated rings. The summed E-state index contributed by atoms with van der Waals surface area (Å²) in [5, 5.41) is 2.49. The van der Waals surface area contributed by atoms with E-state index in [1.807, 2.05) is 13.8 Å². The van der Waals surface area contributed by atoms with Crippen LogP contribution in [0.4, 0.5) is 4.79 Å². The number of carbonyl (C=O) groups is 5. The highest BCUT2D eigenvalue weighted by Crippen LogP contribution is 2.33. The number of carbonyl (C=O) groups excluding carboxylic acids is 5. The highest BCUT2D eigenvalue weighted by Gasteiger charge is 2.63. The standard InChI is InChI=1S/C30H36N2O9/c1-18(2)17-22(31-29(37)41-30(4,5)6)26(34)38-19(3)25(33)32-23(27(35)39-20-13-9-7-10-14-20)24(32)28(36)40-21-15-11-8-12-16-21/h7-16,18-19,22-24H,17H2,1-6H3,(H,31,37)/t19-,22-,23+,24+/m0/s1. The van der Waals surface area contributed by atoms with Gasteiger partial charge in [-0.25, -0.2) is 19.2 Å². The number of esters is 3. The van der Waals surface area contributed by atoms with Gasteiger partial charge < -0.3 is 29.2 Å². The summed E-state index contributed by atoms with van der Waals surface area (Å²) < 4.78 is 21.4. The smallest absolute Gasteiger partial charge is 0.408 e. The third-order valence-corrected chi connectivity index (χ3v) is 5.79. The number of ether oxygens (including phenoxy) is 4. The summed E-state index contributed by atoms with van der Waals surface area (Å²) in [5.41, 5.74) is -0.786. The van der Waals surface area contributed by atoms with E-state index in [4.69, 9.17) is 18.9 Å². The Labute approximate surface area is 239 Å². The van der Waals surface area contributed by atoms with E-state index >= 15 is 0 Å². The molecule has 2 amide bonds. The second-order valence-corrected chi connectivity index (χ2v) is 11.0. The highest BCUT2D eigenvalue weighted by molar-refractivity contribution is 6.03. The molecule has 11 heteroatoms. The minimum absolute atomic E-state index is 0.00468. The van der Waals surface area contributed by atoms with Crippen LogP contribution in [0, 0.1) is 5.92 Å². The number of hydrogen-bond acceptors (Lipinski definition) is 9. The van der Waals surface area contributed by atoms with E-state index in [-0.39, 0.29) is 23.8 Å². The van der Waals surface area contributed by atoms with Gasteiger partial charge in [0.25, 0.3) is 5.91 Å². The molecule has 0 saturated carbocycles. The molecule has 0 aromatic heterocycles. The Hall–Kier alpha value is -4.41. The topological polar surface area (TPSA) is 137 Å². The molecule has 0 spiro atoms. The molecule has 1 saturated heterocycles. The van der Waals surface area contributed by atoms with Gasteiger partial charge in [-0.15, -0.1) is 0 Å². The minimum Gasteiger partial charge on any atom is -0.451 e. The van der Waals surface area contributed by atoms with Crippen molar-refractivity contribution in [3.63, 3.8) is 0 Å². The molecule has 1 heterocycles. The van der Waals surface area contributed by atoms with E-state index in [1.165, 1.54) is 6.92 Å². The summed E-state index contributed by atoms with van der Waals surface area (Å²) in [5.74, 6) is -2.89. The minimum atomic E-state index is -1.39. The number of alkyl carbamates (subject to hydrolysis) is 1. The molecular weight excluding hydrogens is 532 g/mol.